The SMILES string of the molecule is CCC1CNC(C)(CC)CN1C(COC)C(C)C. The summed E-state index contributed by atoms with van der Waals surface area (Å²) in [6.45, 7) is 14.6. The van der Waals surface area contributed by atoms with Gasteiger partial charge >= 0.3 is 0 Å². The Morgan fingerprint density at radius 1 is 1.39 bits per heavy atom. The van der Waals surface area contributed by atoms with Crippen molar-refractivity contribution in [2.75, 3.05) is 26.8 Å². The van der Waals surface area contributed by atoms with Crippen LogP contribution in [-0.4, -0.2) is 49.3 Å². The molecule has 0 aromatic heterocycles. The van der Waals surface area contributed by atoms with Crippen molar-refractivity contribution in [1.29, 1.82) is 0 Å². The van der Waals surface area contributed by atoms with E-state index in [0.29, 0.717) is 18.0 Å². The van der Waals surface area contributed by atoms with Crippen LogP contribution in [0.2, 0.25) is 0 Å². The van der Waals surface area contributed by atoms with Crippen molar-refractivity contribution in [2.24, 2.45) is 5.92 Å². The Balaban J connectivity index is 2.83. The number of ether oxygens (including phenoxy) is 1. The summed E-state index contributed by atoms with van der Waals surface area (Å²) in [6.07, 6.45) is 2.39. The normalized spacial score (nSPS) is 31.8. The fourth-order valence-corrected chi connectivity index (χ4v) is 2.92. The van der Waals surface area contributed by atoms with Crippen LogP contribution in [0.3, 0.4) is 0 Å². The maximum absolute atomic E-state index is 5.45. The molecular weight excluding hydrogens is 224 g/mol. The number of methoxy groups -OCH3 is 1. The minimum Gasteiger partial charge on any atom is -0.383 e. The third-order valence-electron chi connectivity index (χ3n) is 4.55. The van der Waals surface area contributed by atoms with Crippen molar-refractivity contribution >= 4 is 0 Å². The summed E-state index contributed by atoms with van der Waals surface area (Å²) in [6, 6.07) is 1.18. The Kier molecular flexibility index (Phi) is 6.09. The second-order valence-corrected chi connectivity index (χ2v) is 6.30. The van der Waals surface area contributed by atoms with Crippen molar-refractivity contribution in [3.63, 3.8) is 0 Å². The lowest BCUT2D eigenvalue weighted by atomic mass is 9.89. The van der Waals surface area contributed by atoms with Crippen LogP contribution in [0.25, 0.3) is 0 Å². The summed E-state index contributed by atoms with van der Waals surface area (Å²) in [5, 5.41) is 3.73. The van der Waals surface area contributed by atoms with Gasteiger partial charge in [-0.1, -0.05) is 27.7 Å². The van der Waals surface area contributed by atoms with E-state index in [9.17, 15) is 0 Å². The summed E-state index contributed by atoms with van der Waals surface area (Å²) in [7, 11) is 1.82. The first-order chi connectivity index (χ1) is 8.47. The molecule has 0 amide bonds. The van der Waals surface area contributed by atoms with Gasteiger partial charge in [0.25, 0.3) is 0 Å². The van der Waals surface area contributed by atoms with Gasteiger partial charge in [0, 0.05) is 37.8 Å². The summed E-state index contributed by atoms with van der Waals surface area (Å²) in [5.74, 6) is 0.637. The van der Waals surface area contributed by atoms with Gasteiger partial charge in [0.15, 0.2) is 0 Å². The van der Waals surface area contributed by atoms with Crippen LogP contribution in [0.4, 0.5) is 0 Å². The van der Waals surface area contributed by atoms with E-state index < -0.39 is 0 Å². The Bertz CT molecular complexity index is 245. The summed E-state index contributed by atoms with van der Waals surface area (Å²) < 4.78 is 5.45. The van der Waals surface area contributed by atoms with Crippen molar-refractivity contribution in [3.8, 4) is 0 Å². The van der Waals surface area contributed by atoms with Gasteiger partial charge in [-0.25, -0.2) is 0 Å². The topological polar surface area (TPSA) is 24.5 Å². The zero-order valence-electron chi connectivity index (χ0n) is 13.1. The zero-order chi connectivity index (χ0) is 13.8. The highest BCUT2D eigenvalue weighted by atomic mass is 16.5. The molecule has 1 aliphatic heterocycles. The third kappa shape index (κ3) is 3.69. The Hall–Kier alpha value is -0.120. The number of hydrogen-bond acceptors (Lipinski definition) is 3. The second-order valence-electron chi connectivity index (χ2n) is 6.30. The van der Waals surface area contributed by atoms with Gasteiger partial charge in [-0.05, 0) is 25.7 Å². The first-order valence-corrected chi connectivity index (χ1v) is 7.47. The molecule has 1 N–H and O–H groups in total. The minimum absolute atomic E-state index is 0.256. The summed E-state index contributed by atoms with van der Waals surface area (Å²) in [5.41, 5.74) is 0.256. The van der Waals surface area contributed by atoms with Gasteiger partial charge in [0.2, 0.25) is 0 Å². The molecular formula is C15H32N2O. The van der Waals surface area contributed by atoms with Crippen LogP contribution in [0.1, 0.15) is 47.5 Å². The predicted molar refractivity (Wildman–Crippen MR) is 78.0 cm³/mol. The number of hydrogen-bond donors (Lipinski definition) is 1. The lowest BCUT2D eigenvalue weighted by molar-refractivity contribution is -0.00834. The molecule has 3 nitrogen and oxygen atoms in total. The molecule has 0 aromatic rings. The maximum Gasteiger partial charge on any atom is 0.0620 e. The zero-order valence-corrected chi connectivity index (χ0v) is 13.1. The van der Waals surface area contributed by atoms with E-state index in [1.54, 1.807) is 0 Å². The summed E-state index contributed by atoms with van der Waals surface area (Å²) in [4.78, 5) is 2.69. The molecule has 3 atom stereocenters. The highest BCUT2D eigenvalue weighted by Gasteiger charge is 2.37. The smallest absolute Gasteiger partial charge is 0.0620 e. The monoisotopic (exact) mass is 256 g/mol. The second kappa shape index (κ2) is 6.88. The Morgan fingerprint density at radius 3 is 2.50 bits per heavy atom. The van der Waals surface area contributed by atoms with Crippen LogP contribution in [-0.2, 0) is 4.74 Å². The summed E-state index contributed by atoms with van der Waals surface area (Å²) >= 11 is 0. The van der Waals surface area contributed by atoms with Crippen LogP contribution in [0.15, 0.2) is 0 Å². The molecule has 0 saturated carbocycles. The number of nitrogens with zero attached hydrogens (tertiary/aromatic N) is 1. The molecule has 18 heavy (non-hydrogen) atoms. The first kappa shape index (κ1) is 15.9. The fourth-order valence-electron chi connectivity index (χ4n) is 2.92. The average molecular weight is 256 g/mol. The number of rotatable bonds is 6. The van der Waals surface area contributed by atoms with Gasteiger partial charge < -0.3 is 10.1 Å². The van der Waals surface area contributed by atoms with E-state index >= 15 is 0 Å². The van der Waals surface area contributed by atoms with Crippen molar-refractivity contribution in [1.82, 2.24) is 10.2 Å². The van der Waals surface area contributed by atoms with E-state index in [-0.39, 0.29) is 5.54 Å². The quantitative estimate of drug-likeness (QED) is 0.790. The minimum atomic E-state index is 0.256. The molecule has 0 bridgehead atoms. The molecule has 1 saturated heterocycles. The van der Waals surface area contributed by atoms with E-state index in [0.717, 1.165) is 19.7 Å². The van der Waals surface area contributed by atoms with E-state index in [1.165, 1.54) is 12.8 Å². The number of nitrogens with one attached hydrogen (secondary N) is 1. The van der Waals surface area contributed by atoms with Gasteiger partial charge in [0.1, 0.15) is 0 Å². The number of piperazine rings is 1. The lowest BCUT2D eigenvalue weighted by Crippen LogP contribution is -2.66. The maximum atomic E-state index is 5.45. The van der Waals surface area contributed by atoms with Crippen molar-refractivity contribution in [3.05, 3.63) is 0 Å². The Morgan fingerprint density at radius 2 is 2.06 bits per heavy atom. The molecule has 1 heterocycles. The van der Waals surface area contributed by atoms with E-state index in [2.05, 4.69) is 44.8 Å². The lowest BCUT2D eigenvalue weighted by Gasteiger charge is -2.50. The van der Waals surface area contributed by atoms with Crippen LogP contribution < -0.4 is 5.32 Å². The molecule has 1 fully saturated rings. The highest BCUT2D eigenvalue weighted by Crippen LogP contribution is 2.25. The molecule has 0 radical (unpaired) electrons. The van der Waals surface area contributed by atoms with Gasteiger partial charge in [0.05, 0.1) is 6.61 Å². The van der Waals surface area contributed by atoms with Gasteiger partial charge in [-0.2, -0.15) is 0 Å². The largest absolute Gasteiger partial charge is 0.383 e. The molecule has 0 aliphatic carbocycles. The molecule has 108 valence electrons. The van der Waals surface area contributed by atoms with Crippen LogP contribution >= 0.6 is 0 Å². The van der Waals surface area contributed by atoms with Crippen molar-refractivity contribution in [2.45, 2.75) is 65.1 Å². The van der Waals surface area contributed by atoms with Crippen LogP contribution in [0.5, 0.6) is 0 Å². The van der Waals surface area contributed by atoms with Gasteiger partial charge in [-0.15, -0.1) is 0 Å². The molecule has 1 rings (SSSR count). The van der Waals surface area contributed by atoms with Crippen molar-refractivity contribution < 1.29 is 4.74 Å². The molecule has 3 unspecified atom stereocenters. The average Bonchev–Trinajstić information content (AvgIpc) is 2.35. The predicted octanol–water partition coefficient (Wildman–Crippen LogP) is 2.51. The molecule has 1 aliphatic rings. The first-order valence-electron chi connectivity index (χ1n) is 7.47. The van der Waals surface area contributed by atoms with Crippen LogP contribution in [0, 0.1) is 5.92 Å². The molecule has 0 spiro atoms. The van der Waals surface area contributed by atoms with E-state index in [4.69, 9.17) is 4.74 Å². The van der Waals surface area contributed by atoms with Gasteiger partial charge in [-0.3, -0.25) is 4.90 Å². The standard InChI is InChI=1S/C15H32N2O/c1-7-13-9-16-15(5,8-2)11-17(13)14(10-18-6)12(3)4/h12-14,16H,7-11H2,1-6H3. The van der Waals surface area contributed by atoms with E-state index in [1.807, 2.05) is 7.11 Å². The molecule has 3 heteroatoms. The molecule has 0 aromatic carbocycles. The fraction of sp³-hybridized carbons (Fsp3) is 1.00. The third-order valence-corrected chi connectivity index (χ3v) is 4.55. The highest BCUT2D eigenvalue weighted by molar-refractivity contribution is 4.96. The Labute approximate surface area is 113 Å².